The zero-order valence-electron chi connectivity index (χ0n) is 25.4. The molecule has 0 aliphatic carbocycles. The van der Waals surface area contributed by atoms with Gasteiger partial charge < -0.3 is 15.5 Å². The van der Waals surface area contributed by atoms with Gasteiger partial charge in [-0.05, 0) is 74.3 Å². The molecule has 0 saturated carbocycles. The summed E-state index contributed by atoms with van der Waals surface area (Å²) in [6, 6.07) is 29.5. The second-order valence-corrected chi connectivity index (χ2v) is 14.8. The van der Waals surface area contributed by atoms with Gasteiger partial charge in [0.25, 0.3) is 15.9 Å². The number of benzene rings is 4. The minimum atomic E-state index is -3.85. The van der Waals surface area contributed by atoms with E-state index in [9.17, 15) is 21.6 Å². The van der Waals surface area contributed by atoms with Gasteiger partial charge in [-0.1, -0.05) is 48.5 Å². The Kier molecular flexibility index (Phi) is 9.01. The minimum absolute atomic E-state index is 0.157. The van der Waals surface area contributed by atoms with Crippen molar-refractivity contribution in [2.75, 3.05) is 59.7 Å². The van der Waals surface area contributed by atoms with Crippen LogP contribution in [-0.4, -0.2) is 68.1 Å². The van der Waals surface area contributed by atoms with E-state index in [1.807, 2.05) is 49.3 Å². The summed E-state index contributed by atoms with van der Waals surface area (Å²) >= 11 is 0. The molecule has 2 N–H and O–H groups in total. The van der Waals surface area contributed by atoms with Crippen LogP contribution in [0.1, 0.15) is 11.1 Å². The molecule has 1 aliphatic heterocycles. The maximum absolute atomic E-state index is 13.5. The van der Waals surface area contributed by atoms with Crippen LogP contribution in [0.2, 0.25) is 0 Å². The van der Waals surface area contributed by atoms with E-state index in [4.69, 9.17) is 0 Å². The van der Waals surface area contributed by atoms with Crippen LogP contribution in [0.25, 0.3) is 11.3 Å². The first-order valence-corrected chi connectivity index (χ1v) is 17.4. The number of hydrogen-bond donors (Lipinski definition) is 2. The number of anilines is 4. The fourth-order valence-corrected chi connectivity index (χ4v) is 7.13. The van der Waals surface area contributed by atoms with Crippen molar-refractivity contribution in [2.24, 2.45) is 0 Å². The van der Waals surface area contributed by atoms with Gasteiger partial charge >= 0.3 is 0 Å². The Morgan fingerprint density at radius 3 is 1.96 bits per heavy atom. The van der Waals surface area contributed by atoms with Crippen LogP contribution in [0.5, 0.6) is 0 Å². The lowest BCUT2D eigenvalue weighted by Gasteiger charge is -2.24. The first kappa shape index (κ1) is 31.8. The Balaban J connectivity index is 1.55. The van der Waals surface area contributed by atoms with E-state index >= 15 is 0 Å². The Labute approximate surface area is 264 Å². The van der Waals surface area contributed by atoms with Crippen molar-refractivity contribution in [2.45, 2.75) is 4.90 Å². The smallest absolute Gasteiger partial charge is 0.264 e. The first-order valence-electron chi connectivity index (χ1n) is 14.2. The lowest BCUT2D eigenvalue weighted by atomic mass is 9.99. The molecule has 0 bridgehead atoms. The van der Waals surface area contributed by atoms with Crippen LogP contribution in [0.3, 0.4) is 0 Å². The van der Waals surface area contributed by atoms with Gasteiger partial charge in [0.2, 0.25) is 10.0 Å². The summed E-state index contributed by atoms with van der Waals surface area (Å²) in [5.74, 6) is -0.342. The van der Waals surface area contributed by atoms with E-state index in [2.05, 4.69) is 10.6 Å². The van der Waals surface area contributed by atoms with Crippen LogP contribution in [0.4, 0.5) is 22.7 Å². The third-order valence-corrected chi connectivity index (χ3v) is 10.4. The van der Waals surface area contributed by atoms with Crippen molar-refractivity contribution in [1.82, 2.24) is 4.90 Å². The molecule has 5 rings (SSSR count). The molecule has 0 radical (unpaired) electrons. The van der Waals surface area contributed by atoms with E-state index in [0.29, 0.717) is 52.7 Å². The van der Waals surface area contributed by atoms with Crippen LogP contribution >= 0.6 is 0 Å². The largest absolute Gasteiger partial charge is 0.354 e. The molecule has 0 unspecified atom stereocenters. The Bertz CT molecular complexity index is 1950. The molecule has 0 fully saturated rings. The quantitative estimate of drug-likeness (QED) is 0.226. The molecular weight excluding hydrogens is 611 g/mol. The SMILES string of the molecule is CN(C)CCN(c1ccc(N/C(=C2\C(=O)Nc3ccc(N(C)S(=O)(=O)c4ccccc4)cc32)c2ccccc2)cc1)S(C)(=O)=O. The maximum Gasteiger partial charge on any atom is 0.264 e. The molecule has 1 amide bonds. The number of hydrogen-bond acceptors (Lipinski definition) is 7. The number of likely N-dealkylation sites (N-methyl/N-ethyl adjacent to an activating group) is 1. The summed E-state index contributed by atoms with van der Waals surface area (Å²) in [7, 11) is -2.11. The van der Waals surface area contributed by atoms with Crippen LogP contribution in [-0.2, 0) is 24.8 Å². The fraction of sp³-hybridized carbons (Fsp3) is 0.182. The number of sulfonamides is 2. The number of carbonyl (C=O) groups excluding carboxylic acids is 1. The molecule has 12 heteroatoms. The molecule has 1 heterocycles. The average Bonchev–Trinajstić information content (AvgIpc) is 3.34. The van der Waals surface area contributed by atoms with Gasteiger partial charge in [-0.3, -0.25) is 13.4 Å². The number of fused-ring (bicyclic) bond motifs is 1. The van der Waals surface area contributed by atoms with Crippen LogP contribution in [0.15, 0.2) is 108 Å². The highest BCUT2D eigenvalue weighted by Gasteiger charge is 2.31. The number of nitrogens with one attached hydrogen (secondary N) is 2. The van der Waals surface area contributed by atoms with E-state index in [1.165, 1.54) is 34.0 Å². The van der Waals surface area contributed by atoms with Gasteiger partial charge in [0, 0.05) is 37.1 Å². The number of rotatable bonds is 11. The summed E-state index contributed by atoms with van der Waals surface area (Å²) in [5, 5.41) is 6.28. The van der Waals surface area contributed by atoms with Crippen molar-refractivity contribution in [3.63, 3.8) is 0 Å². The van der Waals surface area contributed by atoms with E-state index in [-0.39, 0.29) is 10.8 Å². The third-order valence-electron chi connectivity index (χ3n) is 7.40. The predicted octanol–water partition coefficient (Wildman–Crippen LogP) is 4.77. The molecule has 45 heavy (non-hydrogen) atoms. The van der Waals surface area contributed by atoms with Crippen molar-refractivity contribution >= 4 is 60.0 Å². The topological polar surface area (TPSA) is 119 Å². The van der Waals surface area contributed by atoms with Crippen molar-refractivity contribution < 1.29 is 21.6 Å². The number of nitrogens with zero attached hydrogens (tertiary/aromatic N) is 3. The Morgan fingerprint density at radius 1 is 0.756 bits per heavy atom. The average molecular weight is 646 g/mol. The van der Waals surface area contributed by atoms with E-state index in [1.54, 1.807) is 60.7 Å². The van der Waals surface area contributed by atoms with Crippen molar-refractivity contribution in [1.29, 1.82) is 0 Å². The standard InChI is InChI=1S/C33H35N5O5S2/c1-36(2)21-22-38(44(4,40)41)26-17-15-25(16-18-26)34-32(24-11-7-5-8-12-24)31-29-23-27(19-20-30(29)35-33(31)39)37(3)45(42,43)28-13-9-6-10-14-28/h5-20,23,34H,21-22H2,1-4H3,(H,35,39)/b32-31-. The summed E-state index contributed by atoms with van der Waals surface area (Å²) in [5.41, 5.74) is 4.24. The minimum Gasteiger partial charge on any atom is -0.354 e. The molecule has 234 valence electrons. The molecule has 1 aliphatic rings. The molecule has 0 aromatic heterocycles. The summed E-state index contributed by atoms with van der Waals surface area (Å²) in [6.45, 7) is 0.849. The van der Waals surface area contributed by atoms with E-state index < -0.39 is 20.0 Å². The van der Waals surface area contributed by atoms with Gasteiger partial charge in [0.15, 0.2) is 0 Å². The lowest BCUT2D eigenvalue weighted by Crippen LogP contribution is -2.35. The molecule has 10 nitrogen and oxygen atoms in total. The third kappa shape index (κ3) is 6.88. The van der Waals surface area contributed by atoms with Gasteiger partial charge in [-0.25, -0.2) is 16.8 Å². The highest BCUT2D eigenvalue weighted by atomic mass is 32.2. The van der Waals surface area contributed by atoms with Gasteiger partial charge in [0.1, 0.15) is 0 Å². The highest BCUT2D eigenvalue weighted by molar-refractivity contribution is 7.92. The van der Waals surface area contributed by atoms with Gasteiger partial charge in [-0.15, -0.1) is 0 Å². The van der Waals surface area contributed by atoms with Crippen molar-refractivity contribution in [3.05, 3.63) is 114 Å². The highest BCUT2D eigenvalue weighted by Crippen LogP contribution is 2.40. The number of amides is 1. The molecule has 4 aromatic carbocycles. The van der Waals surface area contributed by atoms with E-state index in [0.717, 1.165) is 5.56 Å². The van der Waals surface area contributed by atoms with Crippen LogP contribution in [0, 0.1) is 0 Å². The van der Waals surface area contributed by atoms with Gasteiger partial charge in [0.05, 0.1) is 33.8 Å². The Morgan fingerprint density at radius 2 is 1.36 bits per heavy atom. The molecular formula is C33H35N5O5S2. The molecule has 4 aromatic rings. The van der Waals surface area contributed by atoms with Crippen LogP contribution < -0.4 is 19.2 Å². The molecule has 0 saturated heterocycles. The monoisotopic (exact) mass is 645 g/mol. The molecule has 0 spiro atoms. The lowest BCUT2D eigenvalue weighted by molar-refractivity contribution is -0.110. The maximum atomic E-state index is 13.5. The summed E-state index contributed by atoms with van der Waals surface area (Å²) in [4.78, 5) is 15.6. The fourth-order valence-electron chi connectivity index (χ4n) is 5.01. The zero-order valence-corrected chi connectivity index (χ0v) is 27.1. The summed E-state index contributed by atoms with van der Waals surface area (Å²) in [6.07, 6.45) is 1.18. The summed E-state index contributed by atoms with van der Waals surface area (Å²) < 4.78 is 54.3. The second-order valence-electron chi connectivity index (χ2n) is 10.9. The normalized spacial score (nSPS) is 14.1. The molecule has 0 atom stereocenters. The Hall–Kier alpha value is -4.65. The van der Waals surface area contributed by atoms with Crippen molar-refractivity contribution in [3.8, 4) is 0 Å². The van der Waals surface area contributed by atoms with Gasteiger partial charge in [-0.2, -0.15) is 0 Å². The first-order chi connectivity index (χ1) is 21.4. The predicted molar refractivity (Wildman–Crippen MR) is 181 cm³/mol. The zero-order chi connectivity index (χ0) is 32.4. The number of carbonyl (C=O) groups is 1. The second kappa shape index (κ2) is 12.8.